The summed E-state index contributed by atoms with van der Waals surface area (Å²) in [5, 5.41) is 14.0. The smallest absolute Gasteiger partial charge is 0.161 e. The van der Waals surface area contributed by atoms with Crippen molar-refractivity contribution in [2.24, 2.45) is 0 Å². The van der Waals surface area contributed by atoms with E-state index in [0.717, 1.165) is 29.1 Å². The van der Waals surface area contributed by atoms with Crippen molar-refractivity contribution in [2.75, 3.05) is 11.9 Å². The molecule has 1 atom stereocenters. The van der Waals surface area contributed by atoms with Gasteiger partial charge in [-0.3, -0.25) is 4.98 Å². The molecule has 2 N–H and O–H groups in total. The van der Waals surface area contributed by atoms with Gasteiger partial charge in [-0.15, -0.1) is 0 Å². The minimum Gasteiger partial charge on any atom is -0.385 e. The number of aliphatic hydroxyl groups is 1. The molecule has 0 aliphatic rings. The summed E-state index contributed by atoms with van der Waals surface area (Å²) < 4.78 is 0. The molecule has 1 aromatic carbocycles. The van der Waals surface area contributed by atoms with Crippen LogP contribution in [0.15, 0.2) is 60.9 Å². The molecule has 5 nitrogen and oxygen atoms in total. The van der Waals surface area contributed by atoms with Crippen LogP contribution in [0.25, 0.3) is 11.4 Å². The Morgan fingerprint density at radius 2 is 1.77 bits per heavy atom. The monoisotopic (exact) mass is 348 g/mol. The number of anilines is 1. The van der Waals surface area contributed by atoms with Crippen molar-refractivity contribution in [3.05, 3.63) is 72.2 Å². The van der Waals surface area contributed by atoms with Gasteiger partial charge in [-0.1, -0.05) is 37.3 Å². The maximum Gasteiger partial charge on any atom is 0.161 e. The topological polar surface area (TPSA) is 70.9 Å². The van der Waals surface area contributed by atoms with Crippen molar-refractivity contribution in [3.63, 3.8) is 0 Å². The Kier molecular flexibility index (Phi) is 5.58. The zero-order valence-corrected chi connectivity index (χ0v) is 15.2. The summed E-state index contributed by atoms with van der Waals surface area (Å²) in [7, 11) is 0. The molecule has 3 aromatic rings. The predicted molar refractivity (Wildman–Crippen MR) is 104 cm³/mol. The minimum atomic E-state index is -0.886. The second-order valence-electron chi connectivity index (χ2n) is 6.47. The normalized spacial score (nSPS) is 13.2. The lowest BCUT2D eigenvalue weighted by Crippen LogP contribution is -2.24. The predicted octanol–water partition coefficient (Wildman–Crippen LogP) is 3.81. The van der Waals surface area contributed by atoms with Crippen LogP contribution in [0.4, 0.5) is 5.82 Å². The molecule has 26 heavy (non-hydrogen) atoms. The summed E-state index contributed by atoms with van der Waals surface area (Å²) in [6.07, 6.45) is 4.88. The molecule has 0 aliphatic carbocycles. The van der Waals surface area contributed by atoms with Gasteiger partial charge in [-0.2, -0.15) is 0 Å². The fourth-order valence-corrected chi connectivity index (χ4v) is 2.77. The van der Waals surface area contributed by atoms with Gasteiger partial charge in [0.15, 0.2) is 5.82 Å². The van der Waals surface area contributed by atoms with Gasteiger partial charge in [0, 0.05) is 36.3 Å². The summed E-state index contributed by atoms with van der Waals surface area (Å²) in [5.41, 5.74) is 1.94. The first-order valence-electron chi connectivity index (χ1n) is 8.88. The molecule has 2 heterocycles. The number of pyridine rings is 1. The van der Waals surface area contributed by atoms with E-state index in [1.54, 1.807) is 12.4 Å². The highest BCUT2D eigenvalue weighted by molar-refractivity contribution is 5.56. The number of hydrogen-bond acceptors (Lipinski definition) is 5. The molecule has 5 heteroatoms. The number of aryl methyl sites for hydroxylation is 1. The Bertz CT molecular complexity index is 835. The van der Waals surface area contributed by atoms with Crippen molar-refractivity contribution in [1.29, 1.82) is 0 Å². The van der Waals surface area contributed by atoms with Crippen molar-refractivity contribution in [3.8, 4) is 11.4 Å². The zero-order chi connectivity index (χ0) is 18.4. The summed E-state index contributed by atoms with van der Waals surface area (Å²) in [4.78, 5) is 13.3. The largest absolute Gasteiger partial charge is 0.385 e. The number of hydrogen-bond donors (Lipinski definition) is 2. The molecule has 1 unspecified atom stereocenters. The fourth-order valence-electron chi connectivity index (χ4n) is 2.77. The van der Waals surface area contributed by atoms with E-state index >= 15 is 0 Å². The summed E-state index contributed by atoms with van der Waals surface area (Å²) in [6.45, 7) is 4.52. The number of nitrogens with one attached hydrogen (secondary N) is 1. The molecule has 0 saturated heterocycles. The first-order valence-corrected chi connectivity index (χ1v) is 8.88. The Balaban J connectivity index is 1.72. The average Bonchev–Trinajstić information content (AvgIpc) is 2.69. The summed E-state index contributed by atoms with van der Waals surface area (Å²) >= 11 is 0. The number of rotatable bonds is 7. The minimum absolute atomic E-state index is 0.576. The Labute approximate surface area is 154 Å². The van der Waals surface area contributed by atoms with E-state index in [9.17, 15) is 5.11 Å². The quantitative estimate of drug-likeness (QED) is 0.679. The second-order valence-corrected chi connectivity index (χ2v) is 6.47. The molecule has 0 spiro atoms. The molecular weight excluding hydrogens is 324 g/mol. The van der Waals surface area contributed by atoms with Crippen LogP contribution >= 0.6 is 0 Å². The van der Waals surface area contributed by atoms with E-state index in [2.05, 4.69) is 27.2 Å². The molecule has 134 valence electrons. The summed E-state index contributed by atoms with van der Waals surface area (Å²) in [6, 6.07) is 15.5. The van der Waals surface area contributed by atoms with Gasteiger partial charge in [-0.05, 0) is 37.5 Å². The van der Waals surface area contributed by atoms with E-state index in [4.69, 9.17) is 0 Å². The lowest BCUT2D eigenvalue weighted by Gasteiger charge is -2.24. The number of nitrogens with zero attached hydrogens (tertiary/aromatic N) is 3. The number of aromatic nitrogens is 3. The lowest BCUT2D eigenvalue weighted by molar-refractivity contribution is 0.0515. The van der Waals surface area contributed by atoms with Gasteiger partial charge in [-0.25, -0.2) is 9.97 Å². The van der Waals surface area contributed by atoms with Gasteiger partial charge >= 0.3 is 0 Å². The maximum absolute atomic E-state index is 10.7. The SMILES string of the molecule is CCc1cc(NCCC(C)(O)c2ccccc2)nc(-c2ccncc2)n1. The van der Waals surface area contributed by atoms with E-state index < -0.39 is 5.60 Å². The average molecular weight is 348 g/mol. The van der Waals surface area contributed by atoms with Gasteiger partial charge in [0.25, 0.3) is 0 Å². The van der Waals surface area contributed by atoms with Crippen LogP contribution in [0.5, 0.6) is 0 Å². The van der Waals surface area contributed by atoms with Gasteiger partial charge < -0.3 is 10.4 Å². The molecule has 0 fully saturated rings. The first-order chi connectivity index (χ1) is 12.6. The molecular formula is C21H24N4O. The molecule has 0 aliphatic heterocycles. The molecule has 3 rings (SSSR count). The third-order valence-corrected chi connectivity index (χ3v) is 4.39. The van der Waals surface area contributed by atoms with Crippen LogP contribution < -0.4 is 5.32 Å². The molecule has 0 radical (unpaired) electrons. The lowest BCUT2D eigenvalue weighted by atomic mass is 9.93. The summed E-state index contributed by atoms with van der Waals surface area (Å²) in [5.74, 6) is 1.46. The van der Waals surface area contributed by atoms with E-state index in [1.165, 1.54) is 0 Å². The van der Waals surface area contributed by atoms with Crippen molar-refractivity contribution >= 4 is 5.82 Å². The van der Waals surface area contributed by atoms with Crippen molar-refractivity contribution < 1.29 is 5.11 Å². The van der Waals surface area contributed by atoms with Crippen LogP contribution in [0.3, 0.4) is 0 Å². The van der Waals surface area contributed by atoms with Gasteiger partial charge in [0.2, 0.25) is 0 Å². The number of benzene rings is 1. The highest BCUT2D eigenvalue weighted by Crippen LogP contribution is 2.24. The zero-order valence-electron chi connectivity index (χ0n) is 15.2. The van der Waals surface area contributed by atoms with Crippen LogP contribution in [-0.4, -0.2) is 26.6 Å². The maximum atomic E-state index is 10.7. The van der Waals surface area contributed by atoms with E-state index in [-0.39, 0.29) is 0 Å². The second kappa shape index (κ2) is 8.06. The van der Waals surface area contributed by atoms with E-state index in [0.29, 0.717) is 18.8 Å². The molecule has 0 saturated carbocycles. The standard InChI is InChI=1S/C21H24N4O/c1-3-18-15-19(25-20(24-18)16-9-12-22-13-10-16)23-14-11-21(2,26)17-7-5-4-6-8-17/h4-10,12-13,15,26H,3,11,14H2,1-2H3,(H,23,24,25). The Morgan fingerprint density at radius 1 is 1.04 bits per heavy atom. The third-order valence-electron chi connectivity index (χ3n) is 4.39. The molecule has 0 amide bonds. The first kappa shape index (κ1) is 18.0. The highest BCUT2D eigenvalue weighted by atomic mass is 16.3. The van der Waals surface area contributed by atoms with Gasteiger partial charge in [0.1, 0.15) is 5.82 Å². The van der Waals surface area contributed by atoms with Crippen molar-refractivity contribution in [2.45, 2.75) is 32.3 Å². The molecule has 0 bridgehead atoms. The fraction of sp³-hybridized carbons (Fsp3) is 0.286. The van der Waals surface area contributed by atoms with E-state index in [1.807, 2.05) is 55.5 Å². The Hall–Kier alpha value is -2.79. The molecule has 2 aromatic heterocycles. The Morgan fingerprint density at radius 3 is 2.46 bits per heavy atom. The van der Waals surface area contributed by atoms with Crippen LogP contribution in [0, 0.1) is 0 Å². The van der Waals surface area contributed by atoms with Crippen LogP contribution in [-0.2, 0) is 12.0 Å². The van der Waals surface area contributed by atoms with Crippen molar-refractivity contribution in [1.82, 2.24) is 15.0 Å². The van der Waals surface area contributed by atoms with Gasteiger partial charge in [0.05, 0.1) is 5.60 Å². The van der Waals surface area contributed by atoms with Crippen LogP contribution in [0.2, 0.25) is 0 Å². The van der Waals surface area contributed by atoms with Crippen LogP contribution in [0.1, 0.15) is 31.5 Å². The highest BCUT2D eigenvalue weighted by Gasteiger charge is 2.22. The third kappa shape index (κ3) is 4.43.